The predicted molar refractivity (Wildman–Crippen MR) is 115 cm³/mol. The number of nitrogens with one attached hydrogen (secondary N) is 1. The van der Waals surface area contributed by atoms with Gasteiger partial charge in [0.25, 0.3) is 11.8 Å². The number of hydrogen-bond acceptors (Lipinski definition) is 4. The first kappa shape index (κ1) is 21.1. The molecule has 31 heavy (non-hydrogen) atoms. The van der Waals surface area contributed by atoms with Gasteiger partial charge in [-0.25, -0.2) is 13.8 Å². The van der Waals surface area contributed by atoms with Crippen LogP contribution in [0.25, 0.3) is 10.6 Å². The van der Waals surface area contributed by atoms with Gasteiger partial charge in [0.05, 0.1) is 5.69 Å². The average Bonchev–Trinajstić information content (AvgIpc) is 3.16. The smallest absolute Gasteiger partial charge is 0.265 e. The summed E-state index contributed by atoms with van der Waals surface area (Å²) in [5.41, 5.74) is 1.84. The maximum atomic E-state index is 13.2. The second kappa shape index (κ2) is 8.93. The number of aryl methyl sites for hydroxylation is 1. The minimum absolute atomic E-state index is 0.0427. The Balaban J connectivity index is 1.36. The van der Waals surface area contributed by atoms with E-state index in [-0.39, 0.29) is 29.5 Å². The number of halogens is 2. The van der Waals surface area contributed by atoms with Crippen LogP contribution < -0.4 is 5.32 Å². The Morgan fingerprint density at radius 2 is 1.58 bits per heavy atom. The first-order valence-corrected chi connectivity index (χ1v) is 10.8. The number of amides is 2. The molecule has 1 aliphatic heterocycles. The van der Waals surface area contributed by atoms with Gasteiger partial charge in [0.1, 0.15) is 21.5 Å². The van der Waals surface area contributed by atoms with E-state index in [1.807, 2.05) is 0 Å². The molecule has 1 N–H and O–H groups in total. The Hall–Kier alpha value is -3.13. The Bertz CT molecular complexity index is 1090. The highest BCUT2D eigenvalue weighted by molar-refractivity contribution is 7.17. The number of benzene rings is 2. The predicted octanol–water partition coefficient (Wildman–Crippen LogP) is 4.43. The number of likely N-dealkylation sites (tertiary alicyclic amines) is 1. The maximum absolute atomic E-state index is 13.2. The summed E-state index contributed by atoms with van der Waals surface area (Å²) in [7, 11) is 0. The van der Waals surface area contributed by atoms with Crippen molar-refractivity contribution >= 4 is 23.2 Å². The molecule has 1 aromatic heterocycles. The molecule has 5 nitrogen and oxygen atoms in total. The summed E-state index contributed by atoms with van der Waals surface area (Å²) >= 11 is 1.30. The molecule has 2 aromatic carbocycles. The minimum Gasteiger partial charge on any atom is -0.349 e. The van der Waals surface area contributed by atoms with Crippen LogP contribution in [0.5, 0.6) is 0 Å². The number of carbonyl (C=O) groups excluding carboxylic acids is 2. The summed E-state index contributed by atoms with van der Waals surface area (Å²) in [6.07, 6.45) is 1.28. The molecule has 1 fully saturated rings. The lowest BCUT2D eigenvalue weighted by atomic mass is 10.0. The van der Waals surface area contributed by atoms with E-state index in [1.54, 1.807) is 24.0 Å². The van der Waals surface area contributed by atoms with Crippen molar-refractivity contribution in [2.24, 2.45) is 0 Å². The Morgan fingerprint density at radius 1 is 1.00 bits per heavy atom. The molecule has 1 aliphatic rings. The fourth-order valence-electron chi connectivity index (χ4n) is 3.55. The second-order valence-electron chi connectivity index (χ2n) is 7.49. The molecule has 0 saturated carbocycles. The Morgan fingerprint density at radius 3 is 2.19 bits per heavy atom. The van der Waals surface area contributed by atoms with Gasteiger partial charge in [0.2, 0.25) is 0 Å². The minimum atomic E-state index is -0.385. The molecule has 0 aliphatic carbocycles. The molecule has 0 atom stereocenters. The van der Waals surface area contributed by atoms with Crippen molar-refractivity contribution < 1.29 is 18.4 Å². The van der Waals surface area contributed by atoms with E-state index in [0.717, 1.165) is 5.56 Å². The third kappa shape index (κ3) is 4.80. The van der Waals surface area contributed by atoms with E-state index < -0.39 is 0 Å². The van der Waals surface area contributed by atoms with Gasteiger partial charge in [-0.1, -0.05) is 0 Å². The summed E-state index contributed by atoms with van der Waals surface area (Å²) < 4.78 is 26.2. The van der Waals surface area contributed by atoms with Gasteiger partial charge in [-0.05, 0) is 68.3 Å². The lowest BCUT2D eigenvalue weighted by Crippen LogP contribution is -2.46. The van der Waals surface area contributed by atoms with Crippen LogP contribution in [0, 0.1) is 18.6 Å². The molecule has 160 valence electrons. The van der Waals surface area contributed by atoms with Crippen molar-refractivity contribution in [2.45, 2.75) is 25.8 Å². The number of piperidine rings is 1. The highest BCUT2D eigenvalue weighted by atomic mass is 32.1. The quantitative estimate of drug-likeness (QED) is 0.652. The zero-order valence-corrected chi connectivity index (χ0v) is 17.7. The number of thiazole rings is 1. The van der Waals surface area contributed by atoms with Crippen molar-refractivity contribution in [3.05, 3.63) is 76.3 Å². The lowest BCUT2D eigenvalue weighted by Gasteiger charge is -2.32. The number of aromatic nitrogens is 1. The zero-order chi connectivity index (χ0) is 22.0. The van der Waals surface area contributed by atoms with Crippen molar-refractivity contribution in [1.29, 1.82) is 0 Å². The van der Waals surface area contributed by atoms with Crippen molar-refractivity contribution in [3.8, 4) is 10.6 Å². The van der Waals surface area contributed by atoms with Crippen LogP contribution >= 0.6 is 11.3 Å². The topological polar surface area (TPSA) is 62.3 Å². The molecule has 8 heteroatoms. The Kier molecular flexibility index (Phi) is 6.08. The normalized spacial score (nSPS) is 14.5. The lowest BCUT2D eigenvalue weighted by molar-refractivity contribution is 0.0702. The van der Waals surface area contributed by atoms with Crippen LogP contribution in [-0.4, -0.2) is 40.8 Å². The van der Waals surface area contributed by atoms with E-state index in [1.165, 1.54) is 47.7 Å². The van der Waals surface area contributed by atoms with Crippen LogP contribution in [-0.2, 0) is 0 Å². The zero-order valence-electron chi connectivity index (χ0n) is 16.9. The highest BCUT2D eigenvalue weighted by Crippen LogP contribution is 2.29. The summed E-state index contributed by atoms with van der Waals surface area (Å²) in [6, 6.07) is 11.4. The molecule has 0 unspecified atom stereocenters. The van der Waals surface area contributed by atoms with Gasteiger partial charge >= 0.3 is 0 Å². The van der Waals surface area contributed by atoms with E-state index in [0.29, 0.717) is 47.1 Å². The molecule has 2 heterocycles. The van der Waals surface area contributed by atoms with Gasteiger partial charge in [0.15, 0.2) is 0 Å². The van der Waals surface area contributed by atoms with Gasteiger partial charge in [-0.3, -0.25) is 9.59 Å². The van der Waals surface area contributed by atoms with Gasteiger partial charge in [-0.15, -0.1) is 11.3 Å². The van der Waals surface area contributed by atoms with E-state index in [2.05, 4.69) is 10.3 Å². The third-order valence-electron chi connectivity index (χ3n) is 5.31. The SMILES string of the molecule is Cc1nc(-c2ccc(F)cc2)sc1C(=O)N1CCC(NC(=O)c2ccc(F)cc2)CC1. The van der Waals surface area contributed by atoms with Crippen LogP contribution in [0.2, 0.25) is 0 Å². The maximum Gasteiger partial charge on any atom is 0.265 e. The number of rotatable bonds is 4. The second-order valence-corrected chi connectivity index (χ2v) is 8.49. The fourth-order valence-corrected chi connectivity index (χ4v) is 4.59. The third-order valence-corrected chi connectivity index (χ3v) is 6.50. The molecular formula is C23H21F2N3O2S. The molecular weight excluding hydrogens is 420 g/mol. The van der Waals surface area contributed by atoms with Gasteiger partial charge < -0.3 is 10.2 Å². The first-order valence-electron chi connectivity index (χ1n) is 10.00. The molecule has 4 rings (SSSR count). The molecule has 0 radical (unpaired) electrons. The first-order chi connectivity index (χ1) is 14.9. The number of carbonyl (C=O) groups is 2. The van der Waals surface area contributed by atoms with Gasteiger partial charge in [0, 0.05) is 30.3 Å². The highest BCUT2D eigenvalue weighted by Gasteiger charge is 2.27. The standard InChI is InChI=1S/C23H21F2N3O2S/c1-14-20(31-22(26-14)16-4-8-18(25)9-5-16)23(30)28-12-10-19(11-13-28)27-21(29)15-2-6-17(24)7-3-15/h2-9,19H,10-13H2,1H3,(H,27,29). The fraction of sp³-hybridized carbons (Fsp3) is 0.261. The summed E-state index contributed by atoms with van der Waals surface area (Å²) in [6.45, 7) is 2.85. The molecule has 2 amide bonds. The van der Waals surface area contributed by atoms with Crippen LogP contribution in [0.15, 0.2) is 48.5 Å². The molecule has 0 spiro atoms. The van der Waals surface area contributed by atoms with E-state index in [9.17, 15) is 18.4 Å². The molecule has 1 saturated heterocycles. The number of nitrogens with zero attached hydrogens (tertiary/aromatic N) is 2. The molecule has 0 bridgehead atoms. The average molecular weight is 442 g/mol. The largest absolute Gasteiger partial charge is 0.349 e. The van der Waals surface area contributed by atoms with Crippen LogP contribution in [0.3, 0.4) is 0 Å². The van der Waals surface area contributed by atoms with Crippen molar-refractivity contribution in [3.63, 3.8) is 0 Å². The Labute approximate surface area is 182 Å². The van der Waals surface area contributed by atoms with E-state index >= 15 is 0 Å². The summed E-state index contributed by atoms with van der Waals surface area (Å²) in [5, 5.41) is 3.64. The monoisotopic (exact) mass is 441 g/mol. The summed E-state index contributed by atoms with van der Waals surface area (Å²) in [4.78, 5) is 32.2. The molecule has 3 aromatic rings. The van der Waals surface area contributed by atoms with Gasteiger partial charge in [-0.2, -0.15) is 0 Å². The van der Waals surface area contributed by atoms with E-state index in [4.69, 9.17) is 0 Å². The van der Waals surface area contributed by atoms with Crippen LogP contribution in [0.4, 0.5) is 8.78 Å². The summed E-state index contributed by atoms with van der Waals surface area (Å²) in [5.74, 6) is -1.02. The number of hydrogen-bond donors (Lipinski definition) is 1. The van der Waals surface area contributed by atoms with Crippen molar-refractivity contribution in [1.82, 2.24) is 15.2 Å². The van der Waals surface area contributed by atoms with Crippen LogP contribution in [0.1, 0.15) is 38.6 Å². The van der Waals surface area contributed by atoms with Crippen molar-refractivity contribution in [2.75, 3.05) is 13.1 Å².